The number of thiol groups is 1. The molecule has 3 aromatic carbocycles. The van der Waals surface area contributed by atoms with Gasteiger partial charge in [-0.25, -0.2) is 13.1 Å². The van der Waals surface area contributed by atoms with Gasteiger partial charge in [-0.15, -0.1) is 0 Å². The van der Waals surface area contributed by atoms with Gasteiger partial charge in [-0.1, -0.05) is 48.5 Å². The number of rotatable bonds is 8. The molecule has 6 heteroatoms. The lowest BCUT2D eigenvalue weighted by atomic mass is 10.1. The summed E-state index contributed by atoms with van der Waals surface area (Å²) in [6.45, 7) is 1.82. The predicted octanol–water partition coefficient (Wildman–Crippen LogP) is 4.69. The van der Waals surface area contributed by atoms with Gasteiger partial charge in [0.05, 0.1) is 4.90 Å². The Hall–Kier alpha value is -2.28. The molecule has 1 N–H and O–H groups in total. The van der Waals surface area contributed by atoms with E-state index in [0.717, 1.165) is 5.56 Å². The number of hydrogen-bond acceptors (Lipinski definition) is 4. The monoisotopic (exact) mass is 413 g/mol. The van der Waals surface area contributed by atoms with Crippen LogP contribution in [0.2, 0.25) is 0 Å². The summed E-state index contributed by atoms with van der Waals surface area (Å²) in [5, 5.41) is -0.141. The molecule has 0 aliphatic heterocycles. The quantitative estimate of drug-likeness (QED) is 0.527. The van der Waals surface area contributed by atoms with Crippen molar-refractivity contribution in [3.8, 4) is 11.5 Å². The number of hydrogen-bond donors (Lipinski definition) is 2. The molecule has 28 heavy (non-hydrogen) atoms. The number of benzene rings is 3. The second-order valence-electron chi connectivity index (χ2n) is 6.55. The highest BCUT2D eigenvalue weighted by Crippen LogP contribution is 2.23. The van der Waals surface area contributed by atoms with Crippen molar-refractivity contribution in [1.29, 1.82) is 0 Å². The van der Waals surface area contributed by atoms with Crippen LogP contribution in [0.5, 0.6) is 11.5 Å². The van der Waals surface area contributed by atoms with Gasteiger partial charge in [0.1, 0.15) is 11.5 Å². The second-order valence-corrected chi connectivity index (χ2v) is 8.93. The van der Waals surface area contributed by atoms with Gasteiger partial charge >= 0.3 is 0 Å². The maximum absolute atomic E-state index is 12.7. The number of sulfonamides is 1. The van der Waals surface area contributed by atoms with E-state index in [1.807, 2.05) is 67.6 Å². The van der Waals surface area contributed by atoms with Gasteiger partial charge in [-0.2, -0.15) is 12.6 Å². The van der Waals surface area contributed by atoms with E-state index in [1.54, 1.807) is 12.1 Å². The zero-order valence-corrected chi connectivity index (χ0v) is 17.2. The zero-order valence-electron chi connectivity index (χ0n) is 15.5. The maximum Gasteiger partial charge on any atom is 0.240 e. The summed E-state index contributed by atoms with van der Waals surface area (Å²) in [7, 11) is -3.64. The number of para-hydroxylation sites is 1. The molecule has 4 nitrogen and oxygen atoms in total. The molecule has 0 aliphatic carbocycles. The van der Waals surface area contributed by atoms with Gasteiger partial charge in [-0.05, 0) is 55.3 Å². The molecule has 0 saturated heterocycles. The van der Waals surface area contributed by atoms with Crippen LogP contribution in [-0.2, 0) is 16.4 Å². The van der Waals surface area contributed by atoms with Gasteiger partial charge in [0, 0.05) is 11.3 Å². The first kappa shape index (κ1) is 20.5. The minimum absolute atomic E-state index is 0.141. The fraction of sp³-hybridized carbons (Fsp3) is 0.182. The molecule has 0 spiro atoms. The first-order valence-electron chi connectivity index (χ1n) is 9.01. The van der Waals surface area contributed by atoms with E-state index >= 15 is 0 Å². The molecule has 0 aliphatic rings. The van der Waals surface area contributed by atoms with Crippen molar-refractivity contribution in [2.75, 3.05) is 0 Å². The lowest BCUT2D eigenvalue weighted by Gasteiger charge is -2.21. The van der Waals surface area contributed by atoms with Crippen LogP contribution in [0.15, 0.2) is 89.8 Å². The highest BCUT2D eigenvalue weighted by Gasteiger charge is 2.22. The van der Waals surface area contributed by atoms with Crippen molar-refractivity contribution in [2.45, 2.75) is 29.5 Å². The maximum atomic E-state index is 12.7. The molecule has 2 unspecified atom stereocenters. The summed E-state index contributed by atoms with van der Waals surface area (Å²) in [5.41, 5.74) is 1.12. The van der Waals surface area contributed by atoms with Crippen molar-refractivity contribution >= 4 is 22.7 Å². The Kier molecular flexibility index (Phi) is 6.78. The van der Waals surface area contributed by atoms with Crippen LogP contribution in [0.25, 0.3) is 0 Å². The third-order valence-electron chi connectivity index (χ3n) is 4.32. The Balaban J connectivity index is 1.63. The van der Waals surface area contributed by atoms with Crippen molar-refractivity contribution in [2.24, 2.45) is 0 Å². The van der Waals surface area contributed by atoms with Gasteiger partial charge < -0.3 is 4.74 Å². The van der Waals surface area contributed by atoms with Gasteiger partial charge in [0.25, 0.3) is 0 Å². The topological polar surface area (TPSA) is 55.4 Å². The Bertz CT molecular complexity index is 975. The van der Waals surface area contributed by atoms with Crippen LogP contribution in [0.1, 0.15) is 12.5 Å². The van der Waals surface area contributed by atoms with Gasteiger partial charge in [0.15, 0.2) is 0 Å². The minimum atomic E-state index is -3.64. The van der Waals surface area contributed by atoms with Crippen LogP contribution >= 0.6 is 12.6 Å². The van der Waals surface area contributed by atoms with Crippen LogP contribution < -0.4 is 9.46 Å². The highest BCUT2D eigenvalue weighted by atomic mass is 32.2. The minimum Gasteiger partial charge on any atom is -0.457 e. The Labute approximate surface area is 172 Å². The molecule has 0 heterocycles. The summed E-state index contributed by atoms with van der Waals surface area (Å²) in [6, 6.07) is 25.3. The van der Waals surface area contributed by atoms with E-state index in [2.05, 4.69) is 17.4 Å². The fourth-order valence-electron chi connectivity index (χ4n) is 2.74. The van der Waals surface area contributed by atoms with E-state index < -0.39 is 10.0 Å². The van der Waals surface area contributed by atoms with Crippen LogP contribution in [0, 0.1) is 0 Å². The zero-order chi connectivity index (χ0) is 20.0. The highest BCUT2D eigenvalue weighted by molar-refractivity contribution is 7.89. The van der Waals surface area contributed by atoms with Gasteiger partial charge in [0.2, 0.25) is 10.0 Å². The standard InChI is InChI=1S/C22H23NO3S2/c1-17(22(27)16-18-8-4-2-5-9-18)23-28(24,25)21-14-12-20(13-15-21)26-19-10-6-3-7-11-19/h2-15,17,22-23,27H,16H2,1H3. The molecule has 3 rings (SSSR count). The average molecular weight is 414 g/mol. The summed E-state index contributed by atoms with van der Waals surface area (Å²) in [6.07, 6.45) is 0.678. The molecule has 0 bridgehead atoms. The fourth-order valence-corrected chi connectivity index (χ4v) is 4.41. The van der Waals surface area contributed by atoms with Crippen LogP contribution in [-0.4, -0.2) is 19.7 Å². The second kappa shape index (κ2) is 9.28. The predicted molar refractivity (Wildman–Crippen MR) is 116 cm³/mol. The number of ether oxygens (including phenoxy) is 1. The van der Waals surface area contributed by atoms with E-state index in [0.29, 0.717) is 17.9 Å². The van der Waals surface area contributed by atoms with Gasteiger partial charge in [-0.3, -0.25) is 0 Å². The molecule has 0 radical (unpaired) electrons. The molecule has 0 saturated carbocycles. The average Bonchev–Trinajstić information content (AvgIpc) is 2.69. The van der Waals surface area contributed by atoms with Crippen LogP contribution in [0.4, 0.5) is 0 Å². The Morgan fingerprint density at radius 1 is 0.857 bits per heavy atom. The first-order chi connectivity index (χ1) is 13.4. The molecule has 0 aromatic heterocycles. The normalized spacial score (nSPS) is 13.6. The van der Waals surface area contributed by atoms with E-state index in [9.17, 15) is 8.42 Å². The Morgan fingerprint density at radius 2 is 1.39 bits per heavy atom. The third kappa shape index (κ3) is 5.61. The van der Waals surface area contributed by atoms with Crippen molar-refractivity contribution in [1.82, 2.24) is 4.72 Å². The van der Waals surface area contributed by atoms with E-state index in [1.165, 1.54) is 12.1 Å². The lowest BCUT2D eigenvalue weighted by Crippen LogP contribution is -2.39. The smallest absolute Gasteiger partial charge is 0.240 e. The van der Waals surface area contributed by atoms with E-state index in [4.69, 9.17) is 4.74 Å². The van der Waals surface area contributed by atoms with Crippen LogP contribution in [0.3, 0.4) is 0 Å². The molecular weight excluding hydrogens is 390 g/mol. The third-order valence-corrected chi connectivity index (χ3v) is 6.52. The lowest BCUT2D eigenvalue weighted by molar-refractivity contribution is 0.482. The SMILES string of the molecule is CC(NS(=O)(=O)c1ccc(Oc2ccccc2)cc1)C(S)Cc1ccccc1. The molecule has 2 atom stereocenters. The molecule has 0 fully saturated rings. The molecule has 3 aromatic rings. The summed E-state index contributed by atoms with van der Waals surface area (Å²) >= 11 is 4.59. The Morgan fingerprint density at radius 3 is 2.00 bits per heavy atom. The molecular formula is C22H23NO3S2. The van der Waals surface area contributed by atoms with Crippen molar-refractivity contribution in [3.63, 3.8) is 0 Å². The summed E-state index contributed by atoms with van der Waals surface area (Å²) in [5.74, 6) is 1.28. The largest absolute Gasteiger partial charge is 0.457 e. The van der Waals surface area contributed by atoms with E-state index in [-0.39, 0.29) is 16.2 Å². The molecule has 146 valence electrons. The van der Waals surface area contributed by atoms with Crippen molar-refractivity contribution in [3.05, 3.63) is 90.5 Å². The molecule has 0 amide bonds. The first-order valence-corrected chi connectivity index (χ1v) is 11.0. The van der Waals surface area contributed by atoms with Crippen molar-refractivity contribution < 1.29 is 13.2 Å². The summed E-state index contributed by atoms with van der Waals surface area (Å²) < 4.78 is 33.8. The number of nitrogens with one attached hydrogen (secondary N) is 1. The summed E-state index contributed by atoms with van der Waals surface area (Å²) in [4.78, 5) is 0.194.